The van der Waals surface area contributed by atoms with Gasteiger partial charge in [-0.3, -0.25) is 14.5 Å². The Morgan fingerprint density at radius 2 is 1.78 bits per heavy atom. The highest BCUT2D eigenvalue weighted by Gasteiger charge is 2.30. The van der Waals surface area contributed by atoms with Crippen molar-refractivity contribution < 1.29 is 13.2 Å². The summed E-state index contributed by atoms with van der Waals surface area (Å²) >= 11 is 0. The largest absolute Gasteiger partial charge is 0.338 e. The summed E-state index contributed by atoms with van der Waals surface area (Å²) in [4.78, 5) is 19.0. The van der Waals surface area contributed by atoms with Gasteiger partial charge in [-0.05, 0) is 24.1 Å². The zero-order valence-electron chi connectivity index (χ0n) is 15.3. The minimum atomic E-state index is -3.55. The third kappa shape index (κ3) is 4.54. The normalized spacial score (nSPS) is 16.0. The fraction of sp³-hybridized carbons (Fsp3) is 0.300. The van der Waals surface area contributed by atoms with Crippen molar-refractivity contribution in [1.82, 2.24) is 9.62 Å². The van der Waals surface area contributed by atoms with Gasteiger partial charge in [0.15, 0.2) is 0 Å². The Morgan fingerprint density at radius 1 is 1.07 bits per heavy atom. The molecule has 0 aliphatic carbocycles. The molecule has 0 unspecified atom stereocenters. The molecule has 0 radical (unpaired) electrons. The number of amides is 1. The number of nitrogens with zero attached hydrogens (tertiary/aromatic N) is 2. The zero-order valence-corrected chi connectivity index (χ0v) is 16.1. The Labute approximate surface area is 160 Å². The molecule has 1 N–H and O–H groups in total. The van der Waals surface area contributed by atoms with E-state index in [9.17, 15) is 13.2 Å². The summed E-state index contributed by atoms with van der Waals surface area (Å²) in [6.07, 6.45) is 1.11. The molecular formula is C20H23N3O3S. The molecule has 142 valence electrons. The first kappa shape index (κ1) is 19.1. The van der Waals surface area contributed by atoms with Crippen molar-refractivity contribution in [2.45, 2.75) is 31.2 Å². The number of nitrogens with one attached hydrogen (secondary N) is 1. The van der Waals surface area contributed by atoms with Gasteiger partial charge in [0.2, 0.25) is 5.91 Å². The summed E-state index contributed by atoms with van der Waals surface area (Å²) in [7, 11) is -3.55. The SMILES string of the molecule is CCCN(Cc1ccccc1)C(=O)CCN=C1NS(=O)(=O)c2ccccc21. The van der Waals surface area contributed by atoms with Gasteiger partial charge in [-0.2, -0.15) is 0 Å². The lowest BCUT2D eigenvalue weighted by Crippen LogP contribution is -2.31. The van der Waals surface area contributed by atoms with Crippen LogP contribution in [0.4, 0.5) is 0 Å². The second-order valence-corrected chi connectivity index (χ2v) is 8.03. The van der Waals surface area contributed by atoms with E-state index in [1.165, 1.54) is 0 Å². The van der Waals surface area contributed by atoms with Gasteiger partial charge in [0, 0.05) is 25.1 Å². The zero-order chi connectivity index (χ0) is 19.3. The second-order valence-electron chi connectivity index (χ2n) is 6.38. The highest BCUT2D eigenvalue weighted by molar-refractivity contribution is 7.90. The molecule has 0 aromatic heterocycles. The minimum absolute atomic E-state index is 0.0131. The first-order valence-corrected chi connectivity index (χ1v) is 10.5. The van der Waals surface area contributed by atoms with Gasteiger partial charge in [-0.25, -0.2) is 8.42 Å². The molecule has 7 heteroatoms. The predicted octanol–water partition coefficient (Wildman–Crippen LogP) is 2.55. The standard InChI is InChI=1S/C20H23N3O3S/c1-2-14-23(15-16-8-4-3-5-9-16)19(24)12-13-21-20-17-10-6-7-11-18(17)27(25,26)22-20/h3-11H,2,12-15H2,1H3,(H,21,22). The Bertz CT molecular complexity index is 940. The van der Waals surface area contributed by atoms with Crippen LogP contribution in [0.25, 0.3) is 0 Å². The van der Waals surface area contributed by atoms with Crippen molar-refractivity contribution in [3.63, 3.8) is 0 Å². The van der Waals surface area contributed by atoms with E-state index in [-0.39, 0.29) is 23.8 Å². The van der Waals surface area contributed by atoms with E-state index >= 15 is 0 Å². The second kappa shape index (κ2) is 8.35. The number of sulfonamides is 1. The van der Waals surface area contributed by atoms with E-state index in [4.69, 9.17) is 0 Å². The third-order valence-electron chi connectivity index (χ3n) is 4.32. The van der Waals surface area contributed by atoms with Crippen LogP contribution in [0.15, 0.2) is 64.5 Å². The van der Waals surface area contributed by atoms with Crippen molar-refractivity contribution in [3.05, 3.63) is 65.7 Å². The average Bonchev–Trinajstić information content (AvgIpc) is 2.93. The number of hydrogen-bond donors (Lipinski definition) is 1. The molecule has 1 heterocycles. The van der Waals surface area contributed by atoms with Crippen molar-refractivity contribution in [3.8, 4) is 0 Å². The minimum Gasteiger partial charge on any atom is -0.338 e. The van der Waals surface area contributed by atoms with Crippen molar-refractivity contribution >= 4 is 21.8 Å². The molecule has 27 heavy (non-hydrogen) atoms. The summed E-state index contributed by atoms with van der Waals surface area (Å²) < 4.78 is 26.6. The highest BCUT2D eigenvalue weighted by Crippen LogP contribution is 2.22. The molecule has 3 rings (SSSR count). The van der Waals surface area contributed by atoms with Gasteiger partial charge in [-0.1, -0.05) is 49.4 Å². The fourth-order valence-corrected chi connectivity index (χ4v) is 4.29. The van der Waals surface area contributed by atoms with Crippen LogP contribution in [0, 0.1) is 0 Å². The van der Waals surface area contributed by atoms with Crippen molar-refractivity contribution in [1.29, 1.82) is 0 Å². The third-order valence-corrected chi connectivity index (χ3v) is 5.72. The van der Waals surface area contributed by atoms with E-state index in [1.807, 2.05) is 42.2 Å². The van der Waals surface area contributed by atoms with Gasteiger partial charge in [0.05, 0.1) is 11.4 Å². The van der Waals surface area contributed by atoms with Gasteiger partial charge < -0.3 is 4.90 Å². The van der Waals surface area contributed by atoms with E-state index in [0.29, 0.717) is 24.5 Å². The van der Waals surface area contributed by atoms with Crippen molar-refractivity contribution in [2.75, 3.05) is 13.1 Å². The number of carbonyl (C=O) groups is 1. The Hall–Kier alpha value is -2.67. The Balaban J connectivity index is 1.65. The smallest absolute Gasteiger partial charge is 0.263 e. The van der Waals surface area contributed by atoms with E-state index in [1.54, 1.807) is 24.3 Å². The van der Waals surface area contributed by atoms with Gasteiger partial charge in [0.25, 0.3) is 10.0 Å². The maximum atomic E-state index is 12.6. The quantitative estimate of drug-likeness (QED) is 0.796. The monoisotopic (exact) mass is 385 g/mol. The topological polar surface area (TPSA) is 78.8 Å². The molecule has 1 aliphatic rings. The first-order chi connectivity index (χ1) is 13.0. The van der Waals surface area contributed by atoms with Gasteiger partial charge in [-0.15, -0.1) is 0 Å². The number of aliphatic imine (C=N–C) groups is 1. The van der Waals surface area contributed by atoms with E-state index < -0.39 is 10.0 Å². The summed E-state index contributed by atoms with van der Waals surface area (Å²) in [6, 6.07) is 16.6. The molecule has 2 aromatic carbocycles. The molecule has 0 bridgehead atoms. The fourth-order valence-electron chi connectivity index (χ4n) is 3.04. The molecule has 2 aromatic rings. The Kier molecular flexibility index (Phi) is 5.91. The Morgan fingerprint density at radius 3 is 2.52 bits per heavy atom. The first-order valence-electron chi connectivity index (χ1n) is 8.99. The number of amidine groups is 1. The summed E-state index contributed by atoms with van der Waals surface area (Å²) in [5, 5.41) is 0. The molecular weight excluding hydrogens is 362 g/mol. The number of hydrogen-bond acceptors (Lipinski definition) is 4. The molecule has 0 fully saturated rings. The predicted molar refractivity (Wildman–Crippen MR) is 105 cm³/mol. The number of rotatable bonds is 7. The molecule has 0 saturated heterocycles. The lowest BCUT2D eigenvalue weighted by atomic mass is 10.2. The van der Waals surface area contributed by atoms with Crippen molar-refractivity contribution in [2.24, 2.45) is 4.99 Å². The van der Waals surface area contributed by atoms with Crippen LogP contribution in [0.2, 0.25) is 0 Å². The summed E-state index contributed by atoms with van der Waals surface area (Å²) in [6.45, 7) is 3.52. The maximum Gasteiger partial charge on any atom is 0.263 e. The molecule has 0 atom stereocenters. The van der Waals surface area contributed by atoms with Crippen LogP contribution in [0.1, 0.15) is 30.9 Å². The van der Waals surface area contributed by atoms with Gasteiger partial charge in [0.1, 0.15) is 5.84 Å². The lowest BCUT2D eigenvalue weighted by molar-refractivity contribution is -0.131. The van der Waals surface area contributed by atoms with E-state index in [0.717, 1.165) is 12.0 Å². The number of fused-ring (bicyclic) bond motifs is 1. The van der Waals surface area contributed by atoms with Gasteiger partial charge >= 0.3 is 0 Å². The number of carbonyl (C=O) groups excluding carboxylic acids is 1. The average molecular weight is 385 g/mol. The molecule has 0 saturated carbocycles. The molecule has 0 spiro atoms. The summed E-state index contributed by atoms with van der Waals surface area (Å²) in [5.74, 6) is 0.322. The van der Waals surface area contributed by atoms with Crippen LogP contribution >= 0.6 is 0 Å². The highest BCUT2D eigenvalue weighted by atomic mass is 32.2. The number of benzene rings is 2. The van der Waals surface area contributed by atoms with Crippen LogP contribution in [0.3, 0.4) is 0 Å². The van der Waals surface area contributed by atoms with Crippen LogP contribution in [-0.4, -0.2) is 38.2 Å². The van der Waals surface area contributed by atoms with Crippen LogP contribution in [0.5, 0.6) is 0 Å². The maximum absolute atomic E-state index is 12.6. The lowest BCUT2D eigenvalue weighted by Gasteiger charge is -2.22. The summed E-state index contributed by atoms with van der Waals surface area (Å²) in [5.41, 5.74) is 1.64. The van der Waals surface area contributed by atoms with E-state index in [2.05, 4.69) is 9.71 Å². The molecule has 6 nitrogen and oxygen atoms in total. The molecule has 1 aliphatic heterocycles. The molecule has 1 amide bonds. The van der Waals surface area contributed by atoms with Crippen LogP contribution < -0.4 is 4.72 Å². The van der Waals surface area contributed by atoms with Crippen LogP contribution in [-0.2, 0) is 21.4 Å².